The maximum atomic E-state index is 6.74. The lowest BCUT2D eigenvalue weighted by molar-refractivity contribution is 0.668. The van der Waals surface area contributed by atoms with E-state index in [1.54, 1.807) is 0 Å². The Labute approximate surface area is 321 Å². The molecule has 0 amide bonds. The third-order valence-electron chi connectivity index (χ3n) is 11.3. The van der Waals surface area contributed by atoms with Crippen LogP contribution < -0.4 is 4.90 Å². The molecule has 3 heterocycles. The molecule has 12 aromatic rings. The fourth-order valence-electron chi connectivity index (χ4n) is 8.76. The Bertz CT molecular complexity index is 3490. The molecule has 0 aliphatic rings. The van der Waals surface area contributed by atoms with E-state index in [2.05, 4.69) is 181 Å². The highest BCUT2D eigenvalue weighted by Gasteiger charge is 2.22. The van der Waals surface area contributed by atoms with Gasteiger partial charge in [-0.15, -0.1) is 0 Å². The van der Waals surface area contributed by atoms with Gasteiger partial charge in [0.2, 0.25) is 0 Å². The predicted molar refractivity (Wildman–Crippen MR) is 231 cm³/mol. The molecule has 4 nitrogen and oxygen atoms in total. The van der Waals surface area contributed by atoms with Crippen LogP contribution in [0.25, 0.3) is 98.8 Å². The van der Waals surface area contributed by atoms with E-state index in [1.165, 1.54) is 10.8 Å². The molecule has 0 fully saturated rings. The Morgan fingerprint density at radius 3 is 1.88 bits per heavy atom. The van der Waals surface area contributed by atoms with Crippen LogP contribution in [-0.4, -0.2) is 0 Å². The zero-order chi connectivity index (χ0) is 36.7. The molecular weight excluding hydrogens is 687 g/mol. The number of para-hydroxylation sites is 3. The van der Waals surface area contributed by atoms with Crippen molar-refractivity contribution >= 4 is 93.7 Å². The summed E-state index contributed by atoms with van der Waals surface area (Å²) in [5.41, 5.74) is 12.7. The zero-order valence-electron chi connectivity index (χ0n) is 30.1. The SMILES string of the molecule is c1ccc(N(c2cccc3ccccc23)c2cccc3oc4cc(-c5cccc6c5oc5cccc(-c7ccc8oc9ccccc9c8c7)c56)ccc4c23)cc1. The first-order valence-electron chi connectivity index (χ1n) is 18.9. The van der Waals surface area contributed by atoms with E-state index in [9.17, 15) is 0 Å². The summed E-state index contributed by atoms with van der Waals surface area (Å²) in [6.07, 6.45) is 0. The lowest BCUT2D eigenvalue weighted by Crippen LogP contribution is -2.10. The van der Waals surface area contributed by atoms with Crippen molar-refractivity contribution in [2.75, 3.05) is 4.90 Å². The lowest BCUT2D eigenvalue weighted by atomic mass is 9.96. The number of anilines is 3. The second kappa shape index (κ2) is 12.0. The minimum Gasteiger partial charge on any atom is -0.456 e. The highest BCUT2D eigenvalue weighted by molar-refractivity contribution is 6.18. The molecule has 3 aromatic heterocycles. The maximum Gasteiger partial charge on any atom is 0.143 e. The Morgan fingerprint density at radius 2 is 0.946 bits per heavy atom. The molecule has 0 aliphatic carbocycles. The third-order valence-corrected chi connectivity index (χ3v) is 11.3. The molecule has 0 radical (unpaired) electrons. The van der Waals surface area contributed by atoms with Crippen LogP contribution >= 0.6 is 0 Å². The molecule has 56 heavy (non-hydrogen) atoms. The first kappa shape index (κ1) is 30.9. The van der Waals surface area contributed by atoms with Gasteiger partial charge in [-0.1, -0.05) is 121 Å². The van der Waals surface area contributed by atoms with Gasteiger partial charge in [-0.2, -0.15) is 0 Å². The van der Waals surface area contributed by atoms with Crippen molar-refractivity contribution in [2.45, 2.75) is 0 Å². The minimum atomic E-state index is 0.824. The van der Waals surface area contributed by atoms with Crippen molar-refractivity contribution < 1.29 is 13.3 Å². The molecule has 262 valence electrons. The van der Waals surface area contributed by atoms with Gasteiger partial charge in [0.1, 0.15) is 33.5 Å². The smallest absolute Gasteiger partial charge is 0.143 e. The van der Waals surface area contributed by atoms with Crippen LogP contribution in [0.5, 0.6) is 0 Å². The highest BCUT2D eigenvalue weighted by Crippen LogP contribution is 2.46. The zero-order valence-corrected chi connectivity index (χ0v) is 30.1. The normalized spacial score (nSPS) is 11.9. The number of fused-ring (bicyclic) bond motifs is 10. The highest BCUT2D eigenvalue weighted by atomic mass is 16.3. The van der Waals surface area contributed by atoms with E-state index < -0.39 is 0 Å². The molecule has 0 unspecified atom stereocenters. The Morgan fingerprint density at radius 1 is 0.321 bits per heavy atom. The molecule has 12 rings (SSSR count). The van der Waals surface area contributed by atoms with Gasteiger partial charge in [-0.3, -0.25) is 0 Å². The van der Waals surface area contributed by atoms with Gasteiger partial charge in [-0.25, -0.2) is 0 Å². The van der Waals surface area contributed by atoms with E-state index in [-0.39, 0.29) is 0 Å². The summed E-state index contributed by atoms with van der Waals surface area (Å²) < 4.78 is 19.6. The Balaban J connectivity index is 1.02. The number of furan rings is 3. The third kappa shape index (κ3) is 4.60. The van der Waals surface area contributed by atoms with Crippen molar-refractivity contribution in [1.82, 2.24) is 0 Å². The van der Waals surface area contributed by atoms with Crippen molar-refractivity contribution in [2.24, 2.45) is 0 Å². The number of rotatable bonds is 5. The average molecular weight is 718 g/mol. The standard InChI is InChI=1S/C52H31NO3/c1-2-14-35(15-3-1)53(43-21-8-13-32-12-4-5-16-36(32)43)44-22-11-25-48-51(44)40-28-26-34(31-49(40)55-48)38-19-9-20-41-50-37(18-10-24-47(50)56-52(38)41)33-27-29-46-42(30-33)39-17-6-7-23-45(39)54-46/h1-31H. The fourth-order valence-corrected chi connectivity index (χ4v) is 8.76. The van der Waals surface area contributed by atoms with Crippen LogP contribution in [-0.2, 0) is 0 Å². The van der Waals surface area contributed by atoms with E-state index in [1.807, 2.05) is 12.1 Å². The van der Waals surface area contributed by atoms with Gasteiger partial charge >= 0.3 is 0 Å². The van der Waals surface area contributed by atoms with Crippen molar-refractivity contribution in [1.29, 1.82) is 0 Å². The van der Waals surface area contributed by atoms with Gasteiger partial charge in [0.05, 0.1) is 16.8 Å². The number of hydrogen-bond donors (Lipinski definition) is 0. The van der Waals surface area contributed by atoms with Crippen molar-refractivity contribution in [3.8, 4) is 22.3 Å². The Kier molecular flexibility index (Phi) is 6.60. The van der Waals surface area contributed by atoms with Gasteiger partial charge in [0.15, 0.2) is 0 Å². The van der Waals surface area contributed by atoms with Gasteiger partial charge in [0, 0.05) is 43.6 Å². The van der Waals surface area contributed by atoms with Crippen molar-refractivity contribution in [3.05, 3.63) is 188 Å². The van der Waals surface area contributed by atoms with E-state index >= 15 is 0 Å². The van der Waals surface area contributed by atoms with Crippen LogP contribution in [0.2, 0.25) is 0 Å². The monoisotopic (exact) mass is 717 g/mol. The number of hydrogen-bond acceptors (Lipinski definition) is 4. The summed E-state index contributed by atoms with van der Waals surface area (Å²) in [6, 6.07) is 66.0. The summed E-state index contributed by atoms with van der Waals surface area (Å²) in [7, 11) is 0. The molecule has 0 atom stereocenters. The van der Waals surface area contributed by atoms with Gasteiger partial charge < -0.3 is 18.2 Å². The molecular formula is C52H31NO3. The average Bonchev–Trinajstić information content (AvgIpc) is 3.95. The predicted octanol–water partition coefficient (Wildman–Crippen LogP) is 15.3. The Hall–Kier alpha value is -7.56. The molecule has 0 aliphatic heterocycles. The first-order valence-corrected chi connectivity index (χ1v) is 18.9. The van der Waals surface area contributed by atoms with Crippen LogP contribution in [0.15, 0.2) is 201 Å². The van der Waals surface area contributed by atoms with Crippen molar-refractivity contribution in [3.63, 3.8) is 0 Å². The first-order chi connectivity index (χ1) is 27.8. The topological polar surface area (TPSA) is 42.7 Å². The quantitative estimate of drug-likeness (QED) is 0.178. The maximum absolute atomic E-state index is 6.74. The molecule has 0 saturated carbocycles. The fraction of sp³-hybridized carbons (Fsp3) is 0. The van der Waals surface area contributed by atoms with Gasteiger partial charge in [0.25, 0.3) is 0 Å². The second-order valence-electron chi connectivity index (χ2n) is 14.4. The van der Waals surface area contributed by atoms with E-state index in [0.29, 0.717) is 0 Å². The molecule has 4 heteroatoms. The van der Waals surface area contributed by atoms with Crippen LogP contribution in [0.3, 0.4) is 0 Å². The summed E-state index contributed by atoms with van der Waals surface area (Å²) in [4.78, 5) is 2.35. The minimum absolute atomic E-state index is 0.824. The molecule has 0 spiro atoms. The van der Waals surface area contributed by atoms with E-state index in [4.69, 9.17) is 13.3 Å². The molecule has 0 N–H and O–H groups in total. The number of benzene rings is 9. The lowest BCUT2D eigenvalue weighted by Gasteiger charge is -2.27. The summed E-state index contributed by atoms with van der Waals surface area (Å²) >= 11 is 0. The molecule has 9 aromatic carbocycles. The summed E-state index contributed by atoms with van der Waals surface area (Å²) in [5, 5.41) is 8.90. The summed E-state index contributed by atoms with van der Waals surface area (Å²) in [5.74, 6) is 0. The second-order valence-corrected chi connectivity index (χ2v) is 14.4. The summed E-state index contributed by atoms with van der Waals surface area (Å²) in [6.45, 7) is 0. The molecule has 0 bridgehead atoms. The number of nitrogens with zero attached hydrogens (tertiary/aromatic N) is 1. The van der Waals surface area contributed by atoms with E-state index in [0.717, 1.165) is 105 Å². The van der Waals surface area contributed by atoms with Crippen LogP contribution in [0.4, 0.5) is 17.1 Å². The van der Waals surface area contributed by atoms with Gasteiger partial charge in [-0.05, 0) is 88.8 Å². The molecule has 0 saturated heterocycles. The largest absolute Gasteiger partial charge is 0.456 e. The van der Waals surface area contributed by atoms with Crippen LogP contribution in [0, 0.1) is 0 Å². The van der Waals surface area contributed by atoms with Crippen LogP contribution in [0.1, 0.15) is 0 Å².